The molecule has 1 aromatic heterocycles. The van der Waals surface area contributed by atoms with Crippen molar-refractivity contribution in [2.75, 3.05) is 26.2 Å². The predicted molar refractivity (Wildman–Crippen MR) is 104 cm³/mol. The summed E-state index contributed by atoms with van der Waals surface area (Å²) in [5.74, 6) is 1.03. The SMILES string of the molecule is CC/C(C)=C/CCN1C[C@@H]2[C@H](CNC(=O)Cn3cccn3)[C@H]3CC[C@]2(C1)O3. The summed E-state index contributed by atoms with van der Waals surface area (Å²) in [5, 5.41) is 7.23. The summed E-state index contributed by atoms with van der Waals surface area (Å²) < 4.78 is 8.15. The van der Waals surface area contributed by atoms with Crippen LogP contribution in [-0.4, -0.2) is 58.5 Å². The maximum Gasteiger partial charge on any atom is 0.241 e. The molecule has 27 heavy (non-hydrogen) atoms. The number of rotatable bonds is 8. The monoisotopic (exact) mass is 372 g/mol. The Morgan fingerprint density at radius 2 is 2.37 bits per heavy atom. The molecule has 0 radical (unpaired) electrons. The molecule has 1 aromatic rings. The topological polar surface area (TPSA) is 59.4 Å². The van der Waals surface area contributed by atoms with Crippen LogP contribution in [0, 0.1) is 11.8 Å². The van der Waals surface area contributed by atoms with E-state index in [4.69, 9.17) is 4.74 Å². The molecule has 0 saturated carbocycles. The number of amides is 1. The van der Waals surface area contributed by atoms with E-state index >= 15 is 0 Å². The molecule has 3 aliphatic rings. The van der Waals surface area contributed by atoms with Gasteiger partial charge in [-0.3, -0.25) is 14.4 Å². The minimum atomic E-state index is 0.0329. The van der Waals surface area contributed by atoms with Crippen LogP contribution in [0.1, 0.15) is 39.5 Å². The molecule has 148 valence electrons. The Hall–Kier alpha value is -1.66. The van der Waals surface area contributed by atoms with E-state index in [0.29, 0.717) is 17.9 Å². The van der Waals surface area contributed by atoms with Crippen LogP contribution in [0.3, 0.4) is 0 Å². The molecule has 3 saturated heterocycles. The number of hydrogen-bond acceptors (Lipinski definition) is 4. The number of hydrogen-bond donors (Lipinski definition) is 1. The highest BCUT2D eigenvalue weighted by molar-refractivity contribution is 5.75. The molecule has 1 spiro atoms. The fraction of sp³-hybridized carbons (Fsp3) is 0.714. The van der Waals surface area contributed by atoms with E-state index in [9.17, 15) is 4.79 Å². The molecule has 0 aromatic carbocycles. The van der Waals surface area contributed by atoms with E-state index in [-0.39, 0.29) is 18.1 Å². The van der Waals surface area contributed by atoms with Crippen LogP contribution < -0.4 is 5.32 Å². The Kier molecular flexibility index (Phi) is 5.37. The second-order valence-corrected chi connectivity index (χ2v) is 8.47. The first-order valence-electron chi connectivity index (χ1n) is 10.4. The quantitative estimate of drug-likeness (QED) is 0.711. The Balaban J connectivity index is 1.30. The summed E-state index contributed by atoms with van der Waals surface area (Å²) in [6, 6.07) is 1.84. The van der Waals surface area contributed by atoms with E-state index in [0.717, 1.165) is 45.4 Å². The van der Waals surface area contributed by atoms with E-state index < -0.39 is 0 Å². The lowest BCUT2D eigenvalue weighted by Crippen LogP contribution is -2.42. The van der Waals surface area contributed by atoms with Crippen molar-refractivity contribution in [3.63, 3.8) is 0 Å². The van der Waals surface area contributed by atoms with Crippen molar-refractivity contribution in [2.45, 2.75) is 57.8 Å². The van der Waals surface area contributed by atoms with Crippen molar-refractivity contribution in [3.05, 3.63) is 30.1 Å². The highest BCUT2D eigenvalue weighted by atomic mass is 16.5. The van der Waals surface area contributed by atoms with Crippen LogP contribution in [0.5, 0.6) is 0 Å². The van der Waals surface area contributed by atoms with Gasteiger partial charge >= 0.3 is 0 Å². The molecule has 0 unspecified atom stereocenters. The van der Waals surface area contributed by atoms with Gasteiger partial charge in [0, 0.05) is 50.4 Å². The molecule has 0 aliphatic carbocycles. The average Bonchev–Trinajstić information content (AvgIpc) is 3.41. The van der Waals surface area contributed by atoms with Crippen LogP contribution in [0.15, 0.2) is 30.1 Å². The summed E-state index contributed by atoms with van der Waals surface area (Å²) in [6.45, 7) is 8.71. The normalized spacial score (nSPS) is 32.8. The smallest absolute Gasteiger partial charge is 0.241 e. The summed E-state index contributed by atoms with van der Waals surface area (Å²) in [4.78, 5) is 14.8. The van der Waals surface area contributed by atoms with Crippen LogP contribution in [0.2, 0.25) is 0 Å². The second-order valence-electron chi connectivity index (χ2n) is 8.47. The van der Waals surface area contributed by atoms with Crippen LogP contribution in [0.4, 0.5) is 0 Å². The highest BCUT2D eigenvalue weighted by Crippen LogP contribution is 2.54. The molecular formula is C21H32N4O2. The lowest BCUT2D eigenvalue weighted by Gasteiger charge is -2.29. The van der Waals surface area contributed by atoms with Gasteiger partial charge in [-0.2, -0.15) is 5.10 Å². The van der Waals surface area contributed by atoms with E-state index in [1.807, 2.05) is 12.3 Å². The van der Waals surface area contributed by atoms with Crippen molar-refractivity contribution in [1.82, 2.24) is 20.0 Å². The number of carbonyl (C=O) groups excluding carboxylic acids is 1. The molecule has 4 heterocycles. The van der Waals surface area contributed by atoms with Crippen LogP contribution in [0.25, 0.3) is 0 Å². The first-order chi connectivity index (χ1) is 13.1. The number of allylic oxidation sites excluding steroid dienone is 1. The third-order valence-corrected chi connectivity index (χ3v) is 6.75. The molecule has 2 bridgehead atoms. The Morgan fingerprint density at radius 1 is 1.48 bits per heavy atom. The summed E-state index contributed by atoms with van der Waals surface area (Å²) in [7, 11) is 0. The first kappa shape index (κ1) is 18.7. The van der Waals surface area contributed by atoms with Crippen molar-refractivity contribution < 1.29 is 9.53 Å². The second kappa shape index (κ2) is 7.76. The third-order valence-electron chi connectivity index (χ3n) is 6.75. The minimum absolute atomic E-state index is 0.0329. The number of carbonyl (C=O) groups is 1. The zero-order chi connectivity index (χ0) is 18.9. The maximum atomic E-state index is 12.2. The molecule has 3 fully saturated rings. The Morgan fingerprint density at radius 3 is 3.15 bits per heavy atom. The largest absolute Gasteiger partial charge is 0.370 e. The van der Waals surface area contributed by atoms with Crippen molar-refractivity contribution >= 4 is 5.91 Å². The average molecular weight is 373 g/mol. The summed E-state index contributed by atoms with van der Waals surface area (Å²) in [6.07, 6.45) is 10.8. The van der Waals surface area contributed by atoms with Gasteiger partial charge < -0.3 is 10.1 Å². The number of aromatic nitrogens is 2. The molecule has 6 heteroatoms. The van der Waals surface area contributed by atoms with Gasteiger partial charge in [-0.1, -0.05) is 18.6 Å². The number of fused-ring (bicyclic) bond motifs is 1. The number of ether oxygens (including phenoxy) is 1. The molecule has 4 rings (SSSR count). The van der Waals surface area contributed by atoms with Gasteiger partial charge in [0.2, 0.25) is 5.91 Å². The summed E-state index contributed by atoms with van der Waals surface area (Å²) >= 11 is 0. The molecular weight excluding hydrogens is 340 g/mol. The van der Waals surface area contributed by atoms with Gasteiger partial charge in [0.05, 0.1) is 11.7 Å². The Bertz CT molecular complexity index is 686. The molecule has 1 amide bonds. The molecule has 4 atom stereocenters. The van der Waals surface area contributed by atoms with Crippen molar-refractivity contribution in [2.24, 2.45) is 11.8 Å². The van der Waals surface area contributed by atoms with Gasteiger partial charge in [-0.05, 0) is 38.7 Å². The van der Waals surface area contributed by atoms with Crippen LogP contribution >= 0.6 is 0 Å². The van der Waals surface area contributed by atoms with E-state index in [1.165, 1.54) is 12.0 Å². The fourth-order valence-electron chi connectivity index (χ4n) is 5.20. The van der Waals surface area contributed by atoms with E-state index in [1.54, 1.807) is 10.9 Å². The standard InChI is InChI=1S/C21H32N4O2/c1-3-16(2)6-4-10-24-13-18-17(19-7-8-21(18,15-24)27-19)12-22-20(26)14-25-11-5-9-23-25/h5-6,9,11,17-19H,3-4,7-8,10,12-15H2,1-2H3,(H,22,26)/b16-6+/t17-,18+,19+,21+/m0/s1. The number of likely N-dealkylation sites (tertiary alicyclic amines) is 1. The van der Waals surface area contributed by atoms with Gasteiger partial charge in [0.25, 0.3) is 0 Å². The van der Waals surface area contributed by atoms with Gasteiger partial charge in [-0.25, -0.2) is 0 Å². The third kappa shape index (κ3) is 3.83. The van der Waals surface area contributed by atoms with E-state index in [2.05, 4.69) is 35.2 Å². The first-order valence-corrected chi connectivity index (χ1v) is 10.4. The zero-order valence-electron chi connectivity index (χ0n) is 16.6. The highest BCUT2D eigenvalue weighted by Gasteiger charge is 2.62. The van der Waals surface area contributed by atoms with Crippen molar-refractivity contribution in [1.29, 1.82) is 0 Å². The van der Waals surface area contributed by atoms with Gasteiger partial charge in [0.15, 0.2) is 0 Å². The van der Waals surface area contributed by atoms with Crippen molar-refractivity contribution in [3.8, 4) is 0 Å². The molecule has 1 N–H and O–H groups in total. The lowest BCUT2D eigenvalue weighted by molar-refractivity contribution is -0.122. The molecule has 3 aliphatic heterocycles. The summed E-state index contributed by atoms with van der Waals surface area (Å²) in [5.41, 5.74) is 1.52. The minimum Gasteiger partial charge on any atom is -0.370 e. The maximum absolute atomic E-state index is 12.2. The predicted octanol–water partition coefficient (Wildman–Crippen LogP) is 2.23. The number of nitrogens with one attached hydrogen (secondary N) is 1. The van der Waals surface area contributed by atoms with Gasteiger partial charge in [-0.15, -0.1) is 0 Å². The number of nitrogens with zero attached hydrogens (tertiary/aromatic N) is 3. The molecule has 6 nitrogen and oxygen atoms in total. The Labute approximate surface area is 161 Å². The fourth-order valence-corrected chi connectivity index (χ4v) is 5.20. The van der Waals surface area contributed by atoms with Gasteiger partial charge in [0.1, 0.15) is 6.54 Å². The zero-order valence-corrected chi connectivity index (χ0v) is 16.6. The lowest BCUT2D eigenvalue weighted by atomic mass is 9.73. The van der Waals surface area contributed by atoms with Crippen LogP contribution in [-0.2, 0) is 16.1 Å².